The van der Waals surface area contributed by atoms with E-state index in [0.29, 0.717) is 5.82 Å². The van der Waals surface area contributed by atoms with E-state index in [9.17, 15) is 13.2 Å². The van der Waals surface area contributed by atoms with E-state index >= 15 is 0 Å². The van der Waals surface area contributed by atoms with Crippen molar-refractivity contribution in [1.29, 1.82) is 0 Å². The van der Waals surface area contributed by atoms with Crippen molar-refractivity contribution in [3.63, 3.8) is 0 Å². The van der Waals surface area contributed by atoms with Gasteiger partial charge in [0.15, 0.2) is 5.82 Å². The quantitative estimate of drug-likeness (QED) is 0.239. The lowest BCUT2D eigenvalue weighted by Gasteiger charge is -2.01. The normalized spacial score (nSPS) is 9.90. The Balaban J connectivity index is 0.000000170. The van der Waals surface area contributed by atoms with Crippen LogP contribution in [0.25, 0.3) is 5.82 Å². The molecule has 0 aliphatic carbocycles. The molecule has 0 saturated carbocycles. The monoisotopic (exact) mass is 626 g/mol. The van der Waals surface area contributed by atoms with Gasteiger partial charge in [-0.05, 0) is 95.4 Å². The van der Waals surface area contributed by atoms with Gasteiger partial charge in [-0.1, -0.05) is 0 Å². The molecule has 1 N–H and O–H groups in total. The van der Waals surface area contributed by atoms with E-state index in [-0.39, 0.29) is 5.82 Å². The Morgan fingerprint density at radius 3 is 1.86 bits per heavy atom. The van der Waals surface area contributed by atoms with Crippen LogP contribution in [0, 0.1) is 38.8 Å². The maximum absolute atomic E-state index is 12.6. The van der Waals surface area contributed by atoms with Crippen LogP contribution in [0.5, 0.6) is 0 Å². The maximum Gasteiger partial charge on any atom is 0.212 e. The Morgan fingerprint density at radius 1 is 0.862 bits per heavy atom. The maximum atomic E-state index is 12.6. The summed E-state index contributed by atoms with van der Waals surface area (Å²) in [5, 5.41) is 10.9. The summed E-state index contributed by atoms with van der Waals surface area (Å²) in [6.45, 7) is 3.91. The van der Waals surface area contributed by atoms with Crippen LogP contribution in [0.3, 0.4) is 0 Å². The number of hydrogen-bond donors (Lipinski definition) is 1. The molecule has 0 amide bonds. The Hall–Kier alpha value is -2.03. The van der Waals surface area contributed by atoms with Crippen LogP contribution >= 0.6 is 45.2 Å². The molecule has 0 unspecified atom stereocenters. The first-order valence-electron chi connectivity index (χ1n) is 8.03. The van der Waals surface area contributed by atoms with Gasteiger partial charge in [0.2, 0.25) is 5.95 Å². The second kappa shape index (κ2) is 11.2. The summed E-state index contributed by atoms with van der Waals surface area (Å²) >= 11 is 4.28. The fourth-order valence-electron chi connectivity index (χ4n) is 1.90. The van der Waals surface area contributed by atoms with Crippen LogP contribution in [0.1, 0.15) is 11.4 Å². The minimum Gasteiger partial charge on any atom is -0.282 e. The molecule has 4 aromatic rings. The van der Waals surface area contributed by atoms with E-state index < -0.39 is 11.8 Å². The van der Waals surface area contributed by atoms with Crippen LogP contribution in [-0.2, 0) is 0 Å². The summed E-state index contributed by atoms with van der Waals surface area (Å²) in [4.78, 5) is 6.98. The van der Waals surface area contributed by atoms with Crippen molar-refractivity contribution < 1.29 is 13.2 Å². The van der Waals surface area contributed by atoms with Crippen LogP contribution in [-0.4, -0.2) is 29.9 Å². The van der Waals surface area contributed by atoms with E-state index in [0.717, 1.165) is 37.1 Å². The van der Waals surface area contributed by atoms with Crippen molar-refractivity contribution in [1.82, 2.24) is 29.9 Å². The van der Waals surface area contributed by atoms with Crippen molar-refractivity contribution in [3.05, 3.63) is 85.2 Å². The molecule has 0 aromatic carbocycles. The Bertz CT molecular complexity index is 995. The molecule has 0 atom stereocenters. The van der Waals surface area contributed by atoms with E-state index in [4.69, 9.17) is 0 Å². The number of halogens is 5. The summed E-state index contributed by atoms with van der Waals surface area (Å²) in [7, 11) is 0. The molecule has 4 rings (SSSR count). The minimum atomic E-state index is -0.661. The SMILES string of the molecule is Cc1cc(I)n[nH]1.Cc1cc(I)nn1-c1ccc(F)cn1.Fc1ccc(F)nc1. The number of pyridine rings is 2. The number of aromatic amines is 1. The molecule has 0 spiro atoms. The second-order valence-electron chi connectivity index (χ2n) is 5.53. The molecule has 11 heteroatoms. The van der Waals surface area contributed by atoms with E-state index in [1.54, 1.807) is 10.7 Å². The molecule has 0 aliphatic heterocycles. The number of nitrogens with one attached hydrogen (secondary N) is 1. The van der Waals surface area contributed by atoms with Gasteiger partial charge in [-0.25, -0.2) is 23.4 Å². The predicted octanol–water partition coefficient (Wildman–Crippen LogP) is 5.00. The van der Waals surface area contributed by atoms with Crippen molar-refractivity contribution >= 4 is 45.2 Å². The molecule has 0 bridgehead atoms. The zero-order valence-corrected chi connectivity index (χ0v) is 19.6. The van der Waals surface area contributed by atoms with Crippen molar-refractivity contribution in [2.45, 2.75) is 13.8 Å². The van der Waals surface area contributed by atoms with Crippen molar-refractivity contribution in [2.75, 3.05) is 0 Å². The van der Waals surface area contributed by atoms with Gasteiger partial charge in [-0.15, -0.1) is 0 Å². The largest absolute Gasteiger partial charge is 0.282 e. The first kappa shape index (κ1) is 23.3. The Kier molecular flexibility index (Phi) is 9.00. The molecule has 152 valence electrons. The van der Waals surface area contributed by atoms with Gasteiger partial charge in [0.1, 0.15) is 19.0 Å². The van der Waals surface area contributed by atoms with E-state index in [1.807, 2.05) is 26.0 Å². The lowest BCUT2D eigenvalue weighted by molar-refractivity contribution is 0.560. The highest BCUT2D eigenvalue weighted by molar-refractivity contribution is 14.1. The van der Waals surface area contributed by atoms with Crippen LogP contribution in [0.15, 0.2) is 48.8 Å². The van der Waals surface area contributed by atoms with Gasteiger partial charge < -0.3 is 0 Å². The third-order valence-corrected chi connectivity index (χ3v) is 4.23. The van der Waals surface area contributed by atoms with E-state index in [2.05, 4.69) is 70.4 Å². The lowest BCUT2D eigenvalue weighted by atomic mass is 10.4. The summed E-state index contributed by atoms with van der Waals surface area (Å²) < 4.78 is 39.9. The summed E-state index contributed by atoms with van der Waals surface area (Å²) in [5.74, 6) is -0.891. The molecule has 4 heterocycles. The smallest absolute Gasteiger partial charge is 0.212 e. The third-order valence-electron chi connectivity index (χ3n) is 3.15. The number of H-pyrrole nitrogens is 1. The van der Waals surface area contributed by atoms with Crippen LogP contribution in [0.2, 0.25) is 0 Å². The number of nitrogens with zero attached hydrogens (tertiary/aromatic N) is 5. The fourth-order valence-corrected chi connectivity index (χ4v) is 3.16. The third kappa shape index (κ3) is 8.08. The highest BCUT2D eigenvalue weighted by atomic mass is 127. The highest BCUT2D eigenvalue weighted by Crippen LogP contribution is 2.11. The predicted molar refractivity (Wildman–Crippen MR) is 119 cm³/mol. The van der Waals surface area contributed by atoms with Crippen LogP contribution < -0.4 is 0 Å². The van der Waals surface area contributed by atoms with Crippen molar-refractivity contribution in [2.24, 2.45) is 0 Å². The number of hydrogen-bond acceptors (Lipinski definition) is 4. The molecule has 0 saturated heterocycles. The summed E-state index contributed by atoms with van der Waals surface area (Å²) in [6, 6.07) is 8.88. The average Bonchev–Trinajstić information content (AvgIpc) is 3.22. The molecule has 4 aromatic heterocycles. The van der Waals surface area contributed by atoms with Gasteiger partial charge in [0.25, 0.3) is 0 Å². The zero-order chi connectivity index (χ0) is 21.4. The van der Waals surface area contributed by atoms with Crippen LogP contribution in [0.4, 0.5) is 13.2 Å². The number of rotatable bonds is 1. The molecular formula is C18H15F3I2N6. The molecule has 6 nitrogen and oxygen atoms in total. The minimum absolute atomic E-state index is 0.340. The van der Waals surface area contributed by atoms with Gasteiger partial charge >= 0.3 is 0 Å². The van der Waals surface area contributed by atoms with Gasteiger partial charge in [0.05, 0.1) is 12.4 Å². The first-order chi connectivity index (χ1) is 13.7. The molecule has 0 fully saturated rings. The highest BCUT2D eigenvalue weighted by Gasteiger charge is 2.04. The average molecular weight is 626 g/mol. The number of aromatic nitrogens is 6. The van der Waals surface area contributed by atoms with Gasteiger partial charge in [-0.2, -0.15) is 14.6 Å². The Labute approximate surface area is 192 Å². The molecule has 29 heavy (non-hydrogen) atoms. The van der Waals surface area contributed by atoms with Gasteiger partial charge in [0, 0.05) is 11.4 Å². The lowest BCUT2D eigenvalue weighted by Crippen LogP contribution is -2.01. The molecular weight excluding hydrogens is 611 g/mol. The standard InChI is InChI=1S/C9H7FIN3.C5H3F2N.C4H5IN2/c1-6-4-8(11)13-14(6)9-3-2-7(10)5-12-9;6-4-1-2-5(7)8-3-4;1-3-2-4(5)7-6-3/h2-5H,1H3;1-3H;2H,1H3,(H,6,7). The second-order valence-corrected chi connectivity index (χ2v) is 7.74. The fraction of sp³-hybridized carbons (Fsp3) is 0.111. The molecule has 0 radical (unpaired) electrons. The first-order valence-corrected chi connectivity index (χ1v) is 10.2. The van der Waals surface area contributed by atoms with Crippen molar-refractivity contribution in [3.8, 4) is 5.82 Å². The Morgan fingerprint density at radius 2 is 1.52 bits per heavy atom. The summed E-state index contributed by atoms with van der Waals surface area (Å²) in [6.07, 6.45) is 2.01. The zero-order valence-electron chi connectivity index (χ0n) is 15.2. The topological polar surface area (TPSA) is 72.3 Å². The summed E-state index contributed by atoms with van der Waals surface area (Å²) in [5.41, 5.74) is 2.10. The molecule has 0 aliphatic rings. The van der Waals surface area contributed by atoms with Gasteiger partial charge in [-0.3, -0.25) is 5.10 Å². The number of aryl methyl sites for hydroxylation is 2. The van der Waals surface area contributed by atoms with E-state index in [1.165, 1.54) is 12.3 Å².